The van der Waals surface area contributed by atoms with E-state index in [1.54, 1.807) is 11.0 Å². The number of benzene rings is 1. The second-order valence-electron chi connectivity index (χ2n) is 5.28. The number of carboxylic acid groups (broad SMARTS) is 1. The Balaban J connectivity index is 1.75. The highest BCUT2D eigenvalue weighted by Gasteiger charge is 2.26. The Morgan fingerprint density at radius 2 is 2.09 bits per heavy atom. The third-order valence-corrected chi connectivity index (χ3v) is 3.74. The van der Waals surface area contributed by atoms with Gasteiger partial charge in [0.15, 0.2) is 0 Å². The molecule has 1 aromatic heterocycles. The first-order chi connectivity index (χ1) is 10.5. The van der Waals surface area contributed by atoms with Gasteiger partial charge in [0.05, 0.1) is 5.52 Å². The van der Waals surface area contributed by atoms with E-state index in [-0.39, 0.29) is 12.5 Å². The van der Waals surface area contributed by atoms with Crippen molar-refractivity contribution in [1.29, 1.82) is 0 Å². The molecular formula is C15H16N4O3. The Bertz CT molecular complexity index is 747. The normalized spacial score (nSPS) is 15.4. The molecule has 22 heavy (non-hydrogen) atoms. The molecule has 7 heteroatoms. The van der Waals surface area contributed by atoms with Gasteiger partial charge in [0.25, 0.3) is 0 Å². The van der Waals surface area contributed by atoms with Gasteiger partial charge >= 0.3 is 6.09 Å². The molecule has 3 rings (SSSR count). The second kappa shape index (κ2) is 5.51. The number of anilines is 1. The summed E-state index contributed by atoms with van der Waals surface area (Å²) >= 11 is 0. The number of hydrogen-bond donors (Lipinski definition) is 2. The van der Waals surface area contributed by atoms with Crippen LogP contribution in [0.3, 0.4) is 0 Å². The van der Waals surface area contributed by atoms with Crippen LogP contribution in [-0.4, -0.2) is 51.5 Å². The number of fused-ring (bicyclic) bond motifs is 1. The zero-order valence-electron chi connectivity index (χ0n) is 11.9. The lowest BCUT2D eigenvalue weighted by Crippen LogP contribution is -2.51. The van der Waals surface area contributed by atoms with Crippen molar-refractivity contribution < 1.29 is 14.7 Å². The maximum Gasteiger partial charge on any atom is 0.407 e. The SMILES string of the molecule is Nc1ccc2cc(CN3CCN(C(=O)O)CC3=O)ccc2n1. The van der Waals surface area contributed by atoms with Gasteiger partial charge in [-0.25, -0.2) is 9.78 Å². The summed E-state index contributed by atoms with van der Waals surface area (Å²) in [7, 11) is 0. The lowest BCUT2D eigenvalue weighted by Gasteiger charge is -2.32. The molecule has 2 aromatic rings. The fourth-order valence-electron chi connectivity index (χ4n) is 2.55. The van der Waals surface area contributed by atoms with Gasteiger partial charge in [-0.3, -0.25) is 9.69 Å². The van der Waals surface area contributed by atoms with E-state index in [2.05, 4.69) is 4.98 Å². The molecule has 1 aliphatic rings. The van der Waals surface area contributed by atoms with E-state index in [4.69, 9.17) is 10.8 Å². The highest BCUT2D eigenvalue weighted by atomic mass is 16.4. The Kier molecular flexibility index (Phi) is 3.54. The molecule has 0 spiro atoms. The molecule has 1 saturated heterocycles. The van der Waals surface area contributed by atoms with Crippen LogP contribution in [0.25, 0.3) is 10.9 Å². The Labute approximate surface area is 126 Å². The van der Waals surface area contributed by atoms with E-state index < -0.39 is 6.09 Å². The van der Waals surface area contributed by atoms with Gasteiger partial charge in [-0.05, 0) is 29.8 Å². The minimum Gasteiger partial charge on any atom is -0.465 e. The summed E-state index contributed by atoms with van der Waals surface area (Å²) in [5.41, 5.74) is 7.44. The van der Waals surface area contributed by atoms with Gasteiger partial charge in [-0.2, -0.15) is 0 Å². The van der Waals surface area contributed by atoms with Crippen LogP contribution in [0.5, 0.6) is 0 Å². The largest absolute Gasteiger partial charge is 0.465 e. The van der Waals surface area contributed by atoms with Crippen molar-refractivity contribution in [3.8, 4) is 0 Å². The average Bonchev–Trinajstić information content (AvgIpc) is 2.49. The molecule has 0 bridgehead atoms. The summed E-state index contributed by atoms with van der Waals surface area (Å²) in [6.07, 6.45) is -1.05. The van der Waals surface area contributed by atoms with Crippen LogP contribution < -0.4 is 5.73 Å². The van der Waals surface area contributed by atoms with Crippen LogP contribution in [0.4, 0.5) is 10.6 Å². The molecular weight excluding hydrogens is 284 g/mol. The smallest absolute Gasteiger partial charge is 0.407 e. The highest BCUT2D eigenvalue weighted by molar-refractivity contribution is 5.84. The average molecular weight is 300 g/mol. The van der Waals surface area contributed by atoms with Crippen molar-refractivity contribution in [3.63, 3.8) is 0 Å². The van der Waals surface area contributed by atoms with Crippen molar-refractivity contribution in [3.05, 3.63) is 35.9 Å². The predicted octanol–water partition coefficient (Wildman–Crippen LogP) is 1.14. The van der Waals surface area contributed by atoms with Crippen LogP contribution in [0.1, 0.15) is 5.56 Å². The van der Waals surface area contributed by atoms with E-state index in [0.717, 1.165) is 21.4 Å². The van der Waals surface area contributed by atoms with Crippen molar-refractivity contribution in [1.82, 2.24) is 14.8 Å². The topological polar surface area (TPSA) is 99.8 Å². The molecule has 0 aliphatic carbocycles. The Hall–Kier alpha value is -2.83. The van der Waals surface area contributed by atoms with Crippen molar-refractivity contribution in [2.75, 3.05) is 25.4 Å². The third-order valence-electron chi connectivity index (χ3n) is 3.74. The number of pyridine rings is 1. The van der Waals surface area contributed by atoms with Gasteiger partial charge < -0.3 is 15.7 Å². The highest BCUT2D eigenvalue weighted by Crippen LogP contribution is 2.18. The number of rotatable bonds is 2. The van der Waals surface area contributed by atoms with Crippen LogP contribution in [0.15, 0.2) is 30.3 Å². The maximum atomic E-state index is 12.0. The zero-order chi connectivity index (χ0) is 15.7. The van der Waals surface area contributed by atoms with E-state index in [1.807, 2.05) is 24.3 Å². The number of amides is 2. The van der Waals surface area contributed by atoms with E-state index in [1.165, 1.54) is 0 Å². The van der Waals surface area contributed by atoms with Gasteiger partial charge in [0.2, 0.25) is 5.91 Å². The van der Waals surface area contributed by atoms with Crippen LogP contribution >= 0.6 is 0 Å². The summed E-state index contributed by atoms with van der Waals surface area (Å²) < 4.78 is 0. The van der Waals surface area contributed by atoms with Gasteiger partial charge in [-0.1, -0.05) is 6.07 Å². The molecule has 0 unspecified atom stereocenters. The number of carbonyl (C=O) groups is 2. The number of nitrogen functional groups attached to an aromatic ring is 1. The Morgan fingerprint density at radius 3 is 2.82 bits per heavy atom. The first-order valence-electron chi connectivity index (χ1n) is 6.94. The van der Waals surface area contributed by atoms with Gasteiger partial charge in [-0.15, -0.1) is 0 Å². The number of aromatic nitrogens is 1. The summed E-state index contributed by atoms with van der Waals surface area (Å²) in [5.74, 6) is 0.296. The fourth-order valence-corrected chi connectivity index (χ4v) is 2.55. The lowest BCUT2D eigenvalue weighted by atomic mass is 10.1. The molecule has 114 valence electrons. The van der Waals surface area contributed by atoms with Crippen molar-refractivity contribution >= 4 is 28.7 Å². The van der Waals surface area contributed by atoms with Crippen LogP contribution in [0, 0.1) is 0 Å². The number of nitrogens with two attached hydrogens (primary N) is 1. The van der Waals surface area contributed by atoms with E-state index in [9.17, 15) is 9.59 Å². The zero-order valence-corrected chi connectivity index (χ0v) is 11.9. The van der Waals surface area contributed by atoms with Crippen molar-refractivity contribution in [2.24, 2.45) is 0 Å². The van der Waals surface area contributed by atoms with Crippen LogP contribution in [0.2, 0.25) is 0 Å². The van der Waals surface area contributed by atoms with E-state index in [0.29, 0.717) is 25.5 Å². The third kappa shape index (κ3) is 2.78. The quantitative estimate of drug-likeness (QED) is 0.866. The molecule has 0 atom stereocenters. The molecule has 0 radical (unpaired) electrons. The minimum absolute atomic E-state index is 0.0823. The van der Waals surface area contributed by atoms with Gasteiger partial charge in [0, 0.05) is 25.0 Å². The standard InChI is InChI=1S/C15H16N4O3/c16-13-4-2-11-7-10(1-3-12(11)17-13)8-18-5-6-19(15(21)22)9-14(18)20/h1-4,7H,5-6,8-9H2,(H2,16,17)(H,21,22). The molecule has 2 amide bonds. The fraction of sp³-hybridized carbons (Fsp3) is 0.267. The van der Waals surface area contributed by atoms with Crippen molar-refractivity contribution in [2.45, 2.75) is 6.54 Å². The van der Waals surface area contributed by atoms with Gasteiger partial charge in [0.1, 0.15) is 12.4 Å². The number of nitrogens with zero attached hydrogens (tertiary/aromatic N) is 3. The van der Waals surface area contributed by atoms with Crippen LogP contribution in [-0.2, 0) is 11.3 Å². The summed E-state index contributed by atoms with van der Waals surface area (Å²) in [6.45, 7) is 1.13. The molecule has 7 nitrogen and oxygen atoms in total. The first-order valence-corrected chi connectivity index (χ1v) is 6.94. The molecule has 2 heterocycles. The molecule has 1 aliphatic heterocycles. The molecule has 1 aromatic carbocycles. The summed E-state index contributed by atoms with van der Waals surface area (Å²) in [6, 6.07) is 9.39. The molecule has 0 saturated carbocycles. The molecule has 3 N–H and O–H groups in total. The summed E-state index contributed by atoms with van der Waals surface area (Å²) in [5, 5.41) is 9.87. The first kappa shape index (κ1) is 14.1. The second-order valence-corrected chi connectivity index (χ2v) is 5.28. The maximum absolute atomic E-state index is 12.0. The number of piperazine rings is 1. The minimum atomic E-state index is -1.05. The van der Waals surface area contributed by atoms with E-state index >= 15 is 0 Å². The monoisotopic (exact) mass is 300 g/mol. The molecule has 1 fully saturated rings. The Morgan fingerprint density at radius 1 is 1.27 bits per heavy atom. The number of hydrogen-bond acceptors (Lipinski definition) is 4. The summed E-state index contributed by atoms with van der Waals surface area (Å²) in [4.78, 5) is 29.9. The predicted molar refractivity (Wildman–Crippen MR) is 81.2 cm³/mol. The lowest BCUT2D eigenvalue weighted by molar-refractivity contribution is -0.135. The number of carbonyl (C=O) groups excluding carboxylic acids is 1.